The number of ether oxygens (including phenoxy) is 1. The number of amides is 1. The lowest BCUT2D eigenvalue weighted by molar-refractivity contribution is -0.290. The summed E-state index contributed by atoms with van der Waals surface area (Å²) in [6, 6.07) is 3.52. The van der Waals surface area contributed by atoms with Gasteiger partial charge >= 0.3 is 18.1 Å². The number of hydrogen-bond acceptors (Lipinski definition) is 6. The molecule has 0 spiro atoms. The number of esters is 1. The van der Waals surface area contributed by atoms with E-state index in [0.29, 0.717) is 16.7 Å². The van der Waals surface area contributed by atoms with Crippen LogP contribution in [0.3, 0.4) is 0 Å². The highest BCUT2D eigenvalue weighted by atomic mass is 32.1. The molecular formula is C14H9F5N2O4S. The molecule has 0 bridgehead atoms. The SMILES string of the molecule is COC(=O)c1cccc(C(=O)Nc2nc(C(F)(F)C(F)(F)F)cs2)c1O. The van der Waals surface area contributed by atoms with Gasteiger partial charge in [0.05, 0.1) is 12.7 Å². The van der Waals surface area contributed by atoms with Crippen molar-refractivity contribution >= 4 is 28.3 Å². The largest absolute Gasteiger partial charge is 0.506 e. The lowest BCUT2D eigenvalue weighted by atomic mass is 10.1. The maximum Gasteiger partial charge on any atom is 0.459 e. The minimum Gasteiger partial charge on any atom is -0.506 e. The van der Waals surface area contributed by atoms with E-state index in [2.05, 4.69) is 9.72 Å². The molecule has 12 heteroatoms. The quantitative estimate of drug-likeness (QED) is 0.610. The summed E-state index contributed by atoms with van der Waals surface area (Å²) >= 11 is 0.340. The van der Waals surface area contributed by atoms with Gasteiger partial charge in [-0.3, -0.25) is 10.1 Å². The maximum absolute atomic E-state index is 13.2. The summed E-state index contributed by atoms with van der Waals surface area (Å²) in [4.78, 5) is 26.6. The molecule has 1 heterocycles. The Labute approximate surface area is 146 Å². The number of carbonyl (C=O) groups is 2. The van der Waals surface area contributed by atoms with Crippen LogP contribution in [0.1, 0.15) is 26.4 Å². The monoisotopic (exact) mass is 396 g/mol. The first-order valence-electron chi connectivity index (χ1n) is 6.61. The predicted molar refractivity (Wildman–Crippen MR) is 79.5 cm³/mol. The van der Waals surface area contributed by atoms with Crippen molar-refractivity contribution in [3.05, 3.63) is 40.4 Å². The third-order valence-corrected chi connectivity index (χ3v) is 3.85. The van der Waals surface area contributed by atoms with E-state index in [1.54, 1.807) is 0 Å². The van der Waals surface area contributed by atoms with Gasteiger partial charge in [0.2, 0.25) is 0 Å². The van der Waals surface area contributed by atoms with Crippen molar-refractivity contribution in [3.63, 3.8) is 0 Å². The van der Waals surface area contributed by atoms with Gasteiger partial charge in [0.25, 0.3) is 5.91 Å². The molecule has 1 aromatic heterocycles. The highest BCUT2D eigenvalue weighted by Gasteiger charge is 2.60. The Morgan fingerprint density at radius 2 is 1.81 bits per heavy atom. The number of thiazole rings is 1. The molecule has 2 rings (SSSR count). The van der Waals surface area contributed by atoms with Crippen molar-refractivity contribution in [2.45, 2.75) is 12.1 Å². The lowest BCUT2D eigenvalue weighted by Crippen LogP contribution is -2.34. The summed E-state index contributed by atoms with van der Waals surface area (Å²) in [6.45, 7) is 0. The molecule has 0 aliphatic heterocycles. The van der Waals surface area contributed by atoms with Crippen LogP contribution >= 0.6 is 11.3 Å². The van der Waals surface area contributed by atoms with E-state index in [9.17, 15) is 36.6 Å². The number of phenolic OH excluding ortho intramolecular Hbond substituents is 1. The van der Waals surface area contributed by atoms with E-state index in [4.69, 9.17) is 0 Å². The first-order chi connectivity index (χ1) is 12.0. The summed E-state index contributed by atoms with van der Waals surface area (Å²) in [5.41, 5.74) is -2.33. The summed E-state index contributed by atoms with van der Waals surface area (Å²) in [5, 5.41) is 11.8. The van der Waals surface area contributed by atoms with Crippen molar-refractivity contribution in [2.75, 3.05) is 12.4 Å². The Bertz CT molecular complexity index is 850. The first-order valence-corrected chi connectivity index (χ1v) is 7.49. The number of anilines is 1. The predicted octanol–water partition coefficient (Wildman–Crippen LogP) is 3.54. The lowest BCUT2D eigenvalue weighted by Gasteiger charge is -2.16. The minimum atomic E-state index is -5.84. The summed E-state index contributed by atoms with van der Waals surface area (Å²) in [6.07, 6.45) is -5.84. The van der Waals surface area contributed by atoms with Crippen LogP contribution in [0.4, 0.5) is 27.1 Å². The number of rotatable bonds is 4. The Kier molecular flexibility index (Phi) is 5.16. The van der Waals surface area contributed by atoms with Gasteiger partial charge in [0.15, 0.2) is 5.13 Å². The molecule has 0 unspecified atom stereocenters. The summed E-state index contributed by atoms with van der Waals surface area (Å²) in [7, 11) is 1.05. The second-order valence-corrected chi connectivity index (χ2v) is 5.62. The molecule has 1 amide bonds. The third-order valence-electron chi connectivity index (χ3n) is 3.09. The number of aromatic hydroxyl groups is 1. The number of aromatic nitrogens is 1. The van der Waals surface area contributed by atoms with Crippen LogP contribution in [0.2, 0.25) is 0 Å². The molecule has 6 nitrogen and oxygen atoms in total. The van der Waals surface area contributed by atoms with Crippen LogP contribution in [0.15, 0.2) is 23.6 Å². The standard InChI is InChI=1S/C14H9F5N2O4S/c1-25-11(24)7-4-2-3-6(9(7)22)10(23)21-12-20-8(5-26-12)13(15,16)14(17,18)19/h2-5,22H,1H3,(H,20,21,23). The minimum absolute atomic E-state index is 0.330. The van der Waals surface area contributed by atoms with Crippen LogP contribution in [-0.4, -0.2) is 35.3 Å². The van der Waals surface area contributed by atoms with Gasteiger partial charge in [0, 0.05) is 5.38 Å². The van der Waals surface area contributed by atoms with Crippen molar-refractivity contribution in [1.29, 1.82) is 0 Å². The van der Waals surface area contributed by atoms with Gasteiger partial charge < -0.3 is 9.84 Å². The molecule has 0 atom stereocenters. The smallest absolute Gasteiger partial charge is 0.459 e. The number of nitrogens with one attached hydrogen (secondary N) is 1. The maximum atomic E-state index is 13.2. The first kappa shape index (κ1) is 19.6. The average molecular weight is 396 g/mol. The second kappa shape index (κ2) is 6.86. The molecule has 0 fully saturated rings. The Balaban J connectivity index is 2.26. The van der Waals surface area contributed by atoms with Gasteiger partial charge in [-0.2, -0.15) is 22.0 Å². The van der Waals surface area contributed by atoms with Crippen molar-refractivity contribution < 1.29 is 41.4 Å². The average Bonchev–Trinajstić information content (AvgIpc) is 3.02. The highest BCUT2D eigenvalue weighted by Crippen LogP contribution is 2.44. The number of nitrogens with zero attached hydrogens (tertiary/aromatic N) is 1. The van der Waals surface area contributed by atoms with Crippen molar-refractivity contribution in [2.24, 2.45) is 0 Å². The molecular weight excluding hydrogens is 387 g/mol. The number of alkyl halides is 5. The van der Waals surface area contributed by atoms with Gasteiger partial charge in [-0.25, -0.2) is 9.78 Å². The number of hydrogen-bond donors (Lipinski definition) is 2. The Hall–Kier alpha value is -2.76. The van der Waals surface area contributed by atoms with E-state index < -0.39 is 46.1 Å². The van der Waals surface area contributed by atoms with Crippen LogP contribution in [0.5, 0.6) is 5.75 Å². The molecule has 140 valence electrons. The van der Waals surface area contributed by atoms with Crippen LogP contribution < -0.4 is 5.32 Å². The van der Waals surface area contributed by atoms with Crippen LogP contribution in [-0.2, 0) is 10.7 Å². The van der Waals surface area contributed by atoms with E-state index in [1.165, 1.54) is 12.1 Å². The van der Waals surface area contributed by atoms with Gasteiger partial charge in [0.1, 0.15) is 17.0 Å². The third kappa shape index (κ3) is 3.59. The topological polar surface area (TPSA) is 88.5 Å². The number of methoxy groups -OCH3 is 1. The number of para-hydroxylation sites is 1. The Morgan fingerprint density at radius 3 is 2.38 bits per heavy atom. The van der Waals surface area contributed by atoms with Crippen LogP contribution in [0, 0.1) is 0 Å². The fourth-order valence-corrected chi connectivity index (χ4v) is 2.51. The Morgan fingerprint density at radius 1 is 1.19 bits per heavy atom. The summed E-state index contributed by atoms with van der Waals surface area (Å²) < 4.78 is 67.7. The van der Waals surface area contributed by atoms with Gasteiger partial charge in [-0.1, -0.05) is 6.07 Å². The van der Waals surface area contributed by atoms with Crippen LogP contribution in [0.25, 0.3) is 0 Å². The fourth-order valence-electron chi connectivity index (χ4n) is 1.79. The number of carbonyl (C=O) groups excluding carboxylic acids is 2. The van der Waals surface area contributed by atoms with Gasteiger partial charge in [-0.05, 0) is 12.1 Å². The van der Waals surface area contributed by atoms with Crippen molar-refractivity contribution in [1.82, 2.24) is 4.98 Å². The van der Waals surface area contributed by atoms with Crippen molar-refractivity contribution in [3.8, 4) is 5.75 Å². The molecule has 0 radical (unpaired) electrons. The zero-order chi connectivity index (χ0) is 19.7. The number of phenols is 1. The van der Waals surface area contributed by atoms with E-state index in [1.807, 2.05) is 5.32 Å². The zero-order valence-electron chi connectivity index (χ0n) is 12.7. The normalized spacial score (nSPS) is 11.9. The van der Waals surface area contributed by atoms with E-state index >= 15 is 0 Å². The second-order valence-electron chi connectivity index (χ2n) is 4.76. The molecule has 0 saturated heterocycles. The number of benzene rings is 1. The molecule has 2 aromatic rings. The fraction of sp³-hybridized carbons (Fsp3) is 0.214. The summed E-state index contributed by atoms with van der Waals surface area (Å²) in [5.74, 6) is -7.92. The molecule has 0 aliphatic carbocycles. The zero-order valence-corrected chi connectivity index (χ0v) is 13.5. The molecule has 26 heavy (non-hydrogen) atoms. The van der Waals surface area contributed by atoms with E-state index in [0.717, 1.165) is 13.2 Å². The molecule has 2 N–H and O–H groups in total. The highest BCUT2D eigenvalue weighted by molar-refractivity contribution is 7.14. The number of halogens is 5. The molecule has 0 aliphatic rings. The van der Waals surface area contributed by atoms with Gasteiger partial charge in [-0.15, -0.1) is 11.3 Å². The molecule has 1 aromatic carbocycles. The van der Waals surface area contributed by atoms with E-state index in [-0.39, 0.29) is 5.56 Å². The molecule has 0 saturated carbocycles.